The number of hydrogen-bond donors (Lipinski definition) is 0. The summed E-state index contributed by atoms with van der Waals surface area (Å²) in [6, 6.07) is 0. The minimum absolute atomic E-state index is 0.451. The van der Waals surface area contributed by atoms with Gasteiger partial charge in [-0.25, -0.2) is 9.59 Å². The van der Waals surface area contributed by atoms with E-state index >= 15 is 0 Å². The summed E-state index contributed by atoms with van der Waals surface area (Å²) in [5.74, 6) is -1.05. The van der Waals surface area contributed by atoms with Gasteiger partial charge in [0.25, 0.3) is 0 Å². The molecule has 15 heavy (non-hydrogen) atoms. The summed E-state index contributed by atoms with van der Waals surface area (Å²) < 4.78 is 4.37. The van der Waals surface area contributed by atoms with Gasteiger partial charge in [-0.3, -0.25) is 0 Å². The molecule has 0 amide bonds. The number of ether oxygens (including phenoxy) is 1. The highest BCUT2D eigenvalue weighted by Gasteiger charge is 2.21. The van der Waals surface area contributed by atoms with E-state index in [0.29, 0.717) is 12.0 Å². The largest absolute Gasteiger partial charge is 0.386 e. The van der Waals surface area contributed by atoms with Crippen LogP contribution >= 0.6 is 0 Å². The van der Waals surface area contributed by atoms with Gasteiger partial charge >= 0.3 is 11.9 Å². The highest BCUT2D eigenvalue weighted by atomic mass is 16.6. The highest BCUT2D eigenvalue weighted by molar-refractivity contribution is 6.08. The Morgan fingerprint density at radius 3 is 2.67 bits per heavy atom. The molecule has 1 rings (SSSR count). The predicted octanol–water partition coefficient (Wildman–Crippen LogP) is 2.52. The molecule has 3 nitrogen and oxygen atoms in total. The molecule has 0 N–H and O–H groups in total. The summed E-state index contributed by atoms with van der Waals surface area (Å²) in [6.45, 7) is 2.16. The van der Waals surface area contributed by atoms with Gasteiger partial charge in [-0.2, -0.15) is 0 Å². The molecular formula is C12H16O3. The first-order chi connectivity index (χ1) is 7.24. The van der Waals surface area contributed by atoms with E-state index < -0.39 is 11.9 Å². The molecule has 1 aliphatic rings. The number of hydrogen-bond acceptors (Lipinski definition) is 3. The van der Waals surface area contributed by atoms with E-state index in [9.17, 15) is 9.59 Å². The summed E-state index contributed by atoms with van der Waals surface area (Å²) in [4.78, 5) is 21.7. The lowest BCUT2D eigenvalue weighted by molar-refractivity contribution is -0.150. The summed E-state index contributed by atoms with van der Waals surface area (Å²) in [7, 11) is 0. The molecule has 0 aromatic carbocycles. The van der Waals surface area contributed by atoms with E-state index in [-0.39, 0.29) is 0 Å². The third kappa shape index (κ3) is 4.11. The molecule has 0 atom stereocenters. The molecule has 0 aliphatic carbocycles. The van der Waals surface area contributed by atoms with E-state index in [4.69, 9.17) is 0 Å². The van der Waals surface area contributed by atoms with Crippen LogP contribution in [0.5, 0.6) is 0 Å². The van der Waals surface area contributed by atoms with Crippen molar-refractivity contribution in [3.63, 3.8) is 0 Å². The minimum atomic E-state index is -0.547. The van der Waals surface area contributed by atoms with Crippen LogP contribution < -0.4 is 0 Å². The van der Waals surface area contributed by atoms with Gasteiger partial charge in [-0.1, -0.05) is 31.9 Å². The van der Waals surface area contributed by atoms with Crippen LogP contribution in [0.1, 0.15) is 39.0 Å². The van der Waals surface area contributed by atoms with Gasteiger partial charge in [0.05, 0.1) is 0 Å². The third-order valence-electron chi connectivity index (χ3n) is 2.23. The van der Waals surface area contributed by atoms with E-state index in [1.54, 1.807) is 0 Å². The zero-order valence-electron chi connectivity index (χ0n) is 8.99. The third-order valence-corrected chi connectivity index (χ3v) is 2.23. The summed E-state index contributed by atoms with van der Waals surface area (Å²) in [5.41, 5.74) is 0.451. The second kappa shape index (κ2) is 6.17. The van der Waals surface area contributed by atoms with Crippen molar-refractivity contribution < 1.29 is 14.3 Å². The average Bonchev–Trinajstić information content (AvgIpc) is 2.51. The Bertz CT molecular complexity index is 300. The number of carbonyl (C=O) groups is 2. The fourth-order valence-corrected chi connectivity index (χ4v) is 1.37. The Morgan fingerprint density at radius 1 is 1.27 bits per heavy atom. The molecule has 0 fully saturated rings. The minimum Gasteiger partial charge on any atom is -0.386 e. The van der Waals surface area contributed by atoms with Gasteiger partial charge in [0.2, 0.25) is 0 Å². The zero-order chi connectivity index (χ0) is 11.1. The molecule has 0 unspecified atom stereocenters. The summed E-state index contributed by atoms with van der Waals surface area (Å²) >= 11 is 0. The lowest BCUT2D eigenvalue weighted by Gasteiger charge is -1.93. The molecule has 0 radical (unpaired) electrons. The SMILES string of the molecule is CCCCC/C=C/CC1=CC(=O)OC1=O. The van der Waals surface area contributed by atoms with Gasteiger partial charge in [0.15, 0.2) is 0 Å². The summed E-state index contributed by atoms with van der Waals surface area (Å²) in [5, 5.41) is 0. The Kier molecular flexibility index (Phi) is 4.81. The highest BCUT2D eigenvalue weighted by Crippen LogP contribution is 2.13. The molecule has 0 spiro atoms. The number of cyclic esters (lactones) is 2. The molecule has 0 aromatic heterocycles. The molecule has 0 saturated heterocycles. The first kappa shape index (κ1) is 11.7. The number of unbranched alkanes of at least 4 members (excludes halogenated alkanes) is 3. The van der Waals surface area contributed by atoms with Gasteiger partial charge in [0, 0.05) is 11.6 Å². The van der Waals surface area contributed by atoms with E-state index in [0.717, 1.165) is 6.42 Å². The zero-order valence-corrected chi connectivity index (χ0v) is 8.99. The van der Waals surface area contributed by atoms with Crippen molar-refractivity contribution in [2.45, 2.75) is 39.0 Å². The topological polar surface area (TPSA) is 43.4 Å². The van der Waals surface area contributed by atoms with Crippen molar-refractivity contribution >= 4 is 11.9 Å². The van der Waals surface area contributed by atoms with Gasteiger partial charge in [-0.15, -0.1) is 0 Å². The van der Waals surface area contributed by atoms with Crippen LogP contribution in [-0.4, -0.2) is 11.9 Å². The van der Waals surface area contributed by atoms with Crippen LogP contribution in [0.3, 0.4) is 0 Å². The fourth-order valence-electron chi connectivity index (χ4n) is 1.37. The molecule has 0 saturated carbocycles. The van der Waals surface area contributed by atoms with Crippen molar-refractivity contribution in [2.75, 3.05) is 0 Å². The lowest BCUT2D eigenvalue weighted by Crippen LogP contribution is -2.01. The van der Waals surface area contributed by atoms with Crippen molar-refractivity contribution in [1.82, 2.24) is 0 Å². The van der Waals surface area contributed by atoms with Crippen molar-refractivity contribution in [3.05, 3.63) is 23.8 Å². The number of carbonyl (C=O) groups excluding carboxylic acids is 2. The monoisotopic (exact) mass is 208 g/mol. The quantitative estimate of drug-likeness (QED) is 0.291. The number of rotatable bonds is 6. The first-order valence-corrected chi connectivity index (χ1v) is 5.35. The lowest BCUT2D eigenvalue weighted by atomic mass is 10.1. The van der Waals surface area contributed by atoms with Crippen LogP contribution in [0.2, 0.25) is 0 Å². The van der Waals surface area contributed by atoms with Crippen molar-refractivity contribution in [2.24, 2.45) is 0 Å². The van der Waals surface area contributed by atoms with Crippen LogP contribution in [-0.2, 0) is 14.3 Å². The Labute approximate surface area is 89.8 Å². The maximum Gasteiger partial charge on any atom is 0.342 e. The Morgan fingerprint density at radius 2 is 2.07 bits per heavy atom. The fraction of sp³-hybridized carbons (Fsp3) is 0.500. The van der Waals surface area contributed by atoms with E-state index in [1.165, 1.54) is 25.3 Å². The Hall–Kier alpha value is -1.38. The van der Waals surface area contributed by atoms with Crippen molar-refractivity contribution in [1.29, 1.82) is 0 Å². The Balaban J connectivity index is 2.22. The maximum absolute atomic E-state index is 11.0. The van der Waals surface area contributed by atoms with Crippen LogP contribution in [0.4, 0.5) is 0 Å². The number of esters is 2. The second-order valence-electron chi connectivity index (χ2n) is 3.55. The molecule has 0 bridgehead atoms. The number of allylic oxidation sites excluding steroid dienone is 2. The smallest absolute Gasteiger partial charge is 0.342 e. The second-order valence-corrected chi connectivity index (χ2v) is 3.55. The molecule has 82 valence electrons. The molecular weight excluding hydrogens is 192 g/mol. The standard InChI is InChI=1S/C12H16O3/c1-2-3-4-5-6-7-8-10-9-11(13)15-12(10)14/h6-7,9H,2-5,8H2,1H3/b7-6+. The normalized spacial score (nSPS) is 15.9. The van der Waals surface area contributed by atoms with Crippen LogP contribution in [0.25, 0.3) is 0 Å². The van der Waals surface area contributed by atoms with E-state index in [1.807, 2.05) is 12.2 Å². The van der Waals surface area contributed by atoms with Gasteiger partial charge < -0.3 is 4.74 Å². The molecule has 1 aliphatic heterocycles. The van der Waals surface area contributed by atoms with Gasteiger partial charge in [0.1, 0.15) is 0 Å². The predicted molar refractivity (Wildman–Crippen MR) is 57.1 cm³/mol. The van der Waals surface area contributed by atoms with E-state index in [2.05, 4.69) is 11.7 Å². The van der Waals surface area contributed by atoms with Crippen molar-refractivity contribution in [3.8, 4) is 0 Å². The average molecular weight is 208 g/mol. The molecule has 3 heteroatoms. The van der Waals surface area contributed by atoms with Gasteiger partial charge in [-0.05, 0) is 19.3 Å². The molecule has 1 heterocycles. The summed E-state index contributed by atoms with van der Waals surface area (Å²) in [6.07, 6.45) is 10.4. The first-order valence-electron chi connectivity index (χ1n) is 5.35. The molecule has 0 aromatic rings. The maximum atomic E-state index is 11.0. The van der Waals surface area contributed by atoms with Crippen LogP contribution in [0, 0.1) is 0 Å². The van der Waals surface area contributed by atoms with Crippen LogP contribution in [0.15, 0.2) is 23.8 Å².